The summed E-state index contributed by atoms with van der Waals surface area (Å²) < 4.78 is 5.03. The first-order chi connectivity index (χ1) is 13.6. The molecule has 0 spiro atoms. The van der Waals surface area contributed by atoms with E-state index in [-0.39, 0.29) is 17.6 Å². The molecule has 0 unspecified atom stereocenters. The van der Waals surface area contributed by atoms with Gasteiger partial charge in [-0.05, 0) is 35.2 Å². The first kappa shape index (κ1) is 19.4. The van der Waals surface area contributed by atoms with E-state index in [9.17, 15) is 9.59 Å². The molecule has 0 fully saturated rings. The summed E-state index contributed by atoms with van der Waals surface area (Å²) in [4.78, 5) is 25.8. The average molecular weight is 376 g/mol. The van der Waals surface area contributed by atoms with Gasteiger partial charge < -0.3 is 14.6 Å². The molecule has 0 atom stereocenters. The van der Waals surface area contributed by atoms with Crippen molar-refractivity contribution in [2.24, 2.45) is 0 Å². The Morgan fingerprint density at radius 1 is 0.929 bits per heavy atom. The third kappa shape index (κ3) is 5.33. The first-order valence-electron chi connectivity index (χ1n) is 9.33. The number of nitrogens with one attached hydrogen (secondary N) is 1. The van der Waals surface area contributed by atoms with Gasteiger partial charge in [0.15, 0.2) is 5.76 Å². The van der Waals surface area contributed by atoms with E-state index in [1.165, 1.54) is 11.8 Å². The van der Waals surface area contributed by atoms with E-state index >= 15 is 0 Å². The van der Waals surface area contributed by atoms with Crippen LogP contribution in [0.1, 0.15) is 29.0 Å². The lowest BCUT2D eigenvalue weighted by Gasteiger charge is -2.17. The average Bonchev–Trinajstić information content (AvgIpc) is 3.27. The largest absolute Gasteiger partial charge is 0.459 e. The van der Waals surface area contributed by atoms with Crippen LogP contribution >= 0.6 is 0 Å². The van der Waals surface area contributed by atoms with E-state index < -0.39 is 0 Å². The van der Waals surface area contributed by atoms with E-state index in [0.717, 1.165) is 11.1 Å². The zero-order valence-corrected chi connectivity index (χ0v) is 15.9. The SMILES string of the molecule is CN(Cc1ccc(-c2ccccc2)cc1)C(=O)CCCNC(=O)c1ccco1. The molecule has 2 amide bonds. The summed E-state index contributed by atoms with van der Waals surface area (Å²) in [6, 6.07) is 21.7. The van der Waals surface area contributed by atoms with Crippen LogP contribution in [-0.2, 0) is 11.3 Å². The normalized spacial score (nSPS) is 10.5. The Morgan fingerprint density at radius 3 is 2.32 bits per heavy atom. The molecule has 0 bridgehead atoms. The molecule has 0 aliphatic carbocycles. The van der Waals surface area contributed by atoms with Crippen LogP contribution in [-0.4, -0.2) is 30.3 Å². The van der Waals surface area contributed by atoms with Crippen LogP contribution in [0, 0.1) is 0 Å². The van der Waals surface area contributed by atoms with Crippen molar-refractivity contribution in [2.45, 2.75) is 19.4 Å². The summed E-state index contributed by atoms with van der Waals surface area (Å²) >= 11 is 0. The standard InChI is InChI=1S/C23H24N2O3/c1-25(22(26)10-5-15-24-23(27)21-9-6-16-28-21)17-18-11-13-20(14-12-18)19-7-3-2-4-8-19/h2-4,6-9,11-14,16H,5,10,15,17H2,1H3,(H,24,27). The van der Waals surface area contributed by atoms with Crippen molar-refractivity contribution in [1.82, 2.24) is 10.2 Å². The van der Waals surface area contributed by atoms with Crippen molar-refractivity contribution in [3.8, 4) is 11.1 Å². The highest BCUT2D eigenvalue weighted by atomic mass is 16.3. The second-order valence-corrected chi connectivity index (χ2v) is 6.65. The molecular weight excluding hydrogens is 352 g/mol. The van der Waals surface area contributed by atoms with E-state index in [1.807, 2.05) is 18.2 Å². The summed E-state index contributed by atoms with van der Waals surface area (Å²) in [5.41, 5.74) is 3.42. The van der Waals surface area contributed by atoms with Crippen molar-refractivity contribution in [3.63, 3.8) is 0 Å². The molecule has 28 heavy (non-hydrogen) atoms. The number of carbonyl (C=O) groups is 2. The number of nitrogens with zero attached hydrogens (tertiary/aromatic N) is 1. The number of benzene rings is 2. The van der Waals surface area contributed by atoms with Gasteiger partial charge in [0.25, 0.3) is 5.91 Å². The molecule has 5 nitrogen and oxygen atoms in total. The minimum Gasteiger partial charge on any atom is -0.459 e. The maximum atomic E-state index is 12.3. The van der Waals surface area contributed by atoms with Crippen LogP contribution in [0.25, 0.3) is 11.1 Å². The molecule has 0 radical (unpaired) electrons. The second kappa shape index (κ2) is 9.55. The third-order valence-corrected chi connectivity index (χ3v) is 4.50. The Morgan fingerprint density at radius 2 is 1.64 bits per heavy atom. The summed E-state index contributed by atoms with van der Waals surface area (Å²) in [7, 11) is 1.80. The number of carbonyl (C=O) groups excluding carboxylic acids is 2. The zero-order valence-electron chi connectivity index (χ0n) is 15.9. The van der Waals surface area contributed by atoms with Gasteiger partial charge in [-0.25, -0.2) is 0 Å². The van der Waals surface area contributed by atoms with Gasteiger partial charge in [0.1, 0.15) is 0 Å². The number of hydrogen-bond acceptors (Lipinski definition) is 3. The van der Waals surface area contributed by atoms with E-state index in [4.69, 9.17) is 4.42 Å². The Hall–Kier alpha value is -3.34. The van der Waals surface area contributed by atoms with Crippen LogP contribution in [0.2, 0.25) is 0 Å². The smallest absolute Gasteiger partial charge is 0.286 e. The van der Waals surface area contributed by atoms with Crippen molar-refractivity contribution < 1.29 is 14.0 Å². The van der Waals surface area contributed by atoms with E-state index in [1.54, 1.807) is 24.1 Å². The van der Waals surface area contributed by atoms with Gasteiger partial charge in [0.2, 0.25) is 5.91 Å². The Kier molecular flexibility index (Phi) is 6.63. The molecule has 1 heterocycles. The summed E-state index contributed by atoms with van der Waals surface area (Å²) in [5.74, 6) is 0.0751. The molecule has 0 saturated heterocycles. The van der Waals surface area contributed by atoms with Crippen molar-refractivity contribution in [2.75, 3.05) is 13.6 Å². The summed E-state index contributed by atoms with van der Waals surface area (Å²) in [5, 5.41) is 2.75. The molecule has 0 aliphatic rings. The van der Waals surface area contributed by atoms with Crippen LogP contribution in [0.4, 0.5) is 0 Å². The molecule has 144 valence electrons. The predicted octanol–water partition coefficient (Wildman–Crippen LogP) is 4.12. The highest BCUT2D eigenvalue weighted by Crippen LogP contribution is 2.19. The topological polar surface area (TPSA) is 62.6 Å². The molecule has 2 aromatic carbocycles. The van der Waals surface area contributed by atoms with Crippen LogP contribution in [0.5, 0.6) is 0 Å². The fourth-order valence-electron chi connectivity index (χ4n) is 2.92. The highest BCUT2D eigenvalue weighted by Gasteiger charge is 2.11. The Balaban J connectivity index is 1.42. The molecule has 0 aliphatic heterocycles. The van der Waals surface area contributed by atoms with Gasteiger partial charge >= 0.3 is 0 Å². The molecular formula is C23H24N2O3. The quantitative estimate of drug-likeness (QED) is 0.602. The van der Waals surface area contributed by atoms with Crippen LogP contribution in [0.3, 0.4) is 0 Å². The van der Waals surface area contributed by atoms with Crippen LogP contribution < -0.4 is 5.32 Å². The maximum absolute atomic E-state index is 12.3. The first-order valence-corrected chi connectivity index (χ1v) is 9.33. The summed E-state index contributed by atoms with van der Waals surface area (Å²) in [6.45, 7) is 0.998. The number of furan rings is 1. The van der Waals surface area contributed by atoms with E-state index in [0.29, 0.717) is 25.9 Å². The lowest BCUT2D eigenvalue weighted by atomic mass is 10.0. The number of amides is 2. The molecule has 1 aromatic heterocycles. The fourth-order valence-corrected chi connectivity index (χ4v) is 2.92. The third-order valence-electron chi connectivity index (χ3n) is 4.50. The molecule has 5 heteroatoms. The van der Waals surface area contributed by atoms with Crippen molar-refractivity contribution in [3.05, 3.63) is 84.3 Å². The van der Waals surface area contributed by atoms with Crippen LogP contribution in [0.15, 0.2) is 77.4 Å². The van der Waals surface area contributed by atoms with E-state index in [2.05, 4.69) is 41.7 Å². The predicted molar refractivity (Wildman–Crippen MR) is 109 cm³/mol. The van der Waals surface area contributed by atoms with Crippen molar-refractivity contribution in [1.29, 1.82) is 0 Å². The molecule has 1 N–H and O–H groups in total. The zero-order chi connectivity index (χ0) is 19.8. The van der Waals surface area contributed by atoms with Crippen molar-refractivity contribution >= 4 is 11.8 Å². The number of hydrogen-bond donors (Lipinski definition) is 1. The monoisotopic (exact) mass is 376 g/mol. The second-order valence-electron chi connectivity index (χ2n) is 6.65. The molecule has 3 rings (SSSR count). The maximum Gasteiger partial charge on any atom is 0.286 e. The van der Waals surface area contributed by atoms with Gasteiger partial charge in [-0.2, -0.15) is 0 Å². The highest BCUT2D eigenvalue weighted by molar-refractivity contribution is 5.91. The fraction of sp³-hybridized carbons (Fsp3) is 0.217. The summed E-state index contributed by atoms with van der Waals surface area (Å²) in [6.07, 6.45) is 2.43. The Bertz CT molecular complexity index is 887. The van der Waals surface area contributed by atoms with Gasteiger partial charge in [0.05, 0.1) is 6.26 Å². The Labute approximate surface area is 165 Å². The minimum absolute atomic E-state index is 0.0550. The lowest BCUT2D eigenvalue weighted by molar-refractivity contribution is -0.130. The van der Waals surface area contributed by atoms with Gasteiger partial charge in [-0.1, -0.05) is 54.6 Å². The molecule has 0 saturated carbocycles. The minimum atomic E-state index is -0.260. The van der Waals surface area contributed by atoms with Gasteiger partial charge in [0, 0.05) is 26.6 Å². The molecule has 3 aromatic rings. The van der Waals surface area contributed by atoms with Gasteiger partial charge in [-0.15, -0.1) is 0 Å². The van der Waals surface area contributed by atoms with Gasteiger partial charge in [-0.3, -0.25) is 9.59 Å². The lowest BCUT2D eigenvalue weighted by Crippen LogP contribution is -2.28. The number of rotatable bonds is 8.